The summed E-state index contributed by atoms with van der Waals surface area (Å²) in [6.45, 7) is 3.16. The third-order valence-corrected chi connectivity index (χ3v) is 4.86. The van der Waals surface area contributed by atoms with Crippen LogP contribution in [0, 0.1) is 0 Å². The molecule has 4 rings (SSSR count). The van der Waals surface area contributed by atoms with Crippen LogP contribution in [0.2, 0.25) is 0 Å². The van der Waals surface area contributed by atoms with Crippen molar-refractivity contribution in [3.05, 3.63) is 90.6 Å². The molecular formula is C23H24N4. The molecule has 136 valence electrons. The lowest BCUT2D eigenvalue weighted by molar-refractivity contribution is 0.693. The number of benzene rings is 1. The number of nitrogens with zero attached hydrogens (tertiary/aromatic N) is 4. The summed E-state index contributed by atoms with van der Waals surface area (Å²) < 4.78 is 2.30. The van der Waals surface area contributed by atoms with E-state index in [9.17, 15) is 0 Å². The van der Waals surface area contributed by atoms with Gasteiger partial charge in [0.25, 0.3) is 0 Å². The van der Waals surface area contributed by atoms with Crippen molar-refractivity contribution in [2.45, 2.75) is 26.2 Å². The van der Waals surface area contributed by atoms with Gasteiger partial charge in [0.1, 0.15) is 0 Å². The minimum absolute atomic E-state index is 0.951. The van der Waals surface area contributed by atoms with Crippen molar-refractivity contribution < 1.29 is 0 Å². The molecular weight excluding hydrogens is 332 g/mol. The molecule has 0 saturated heterocycles. The van der Waals surface area contributed by atoms with E-state index in [4.69, 9.17) is 0 Å². The van der Waals surface area contributed by atoms with Gasteiger partial charge in [0, 0.05) is 42.9 Å². The molecule has 4 nitrogen and oxygen atoms in total. The Labute approximate surface area is 160 Å². The lowest BCUT2D eigenvalue weighted by Gasteiger charge is -2.26. The summed E-state index contributed by atoms with van der Waals surface area (Å²) in [5, 5.41) is 3.65. The number of fused-ring (bicyclic) bond motifs is 1. The van der Waals surface area contributed by atoms with Crippen molar-refractivity contribution in [3.63, 3.8) is 0 Å². The Balaban J connectivity index is 1.72. The van der Waals surface area contributed by atoms with Crippen LogP contribution < -0.4 is 5.01 Å². The molecule has 0 aliphatic heterocycles. The van der Waals surface area contributed by atoms with Gasteiger partial charge in [0.2, 0.25) is 0 Å². The average molecular weight is 356 g/mol. The Bertz CT molecular complexity index is 993. The number of para-hydroxylation sites is 1. The molecule has 0 bridgehead atoms. The number of anilines is 1. The first-order chi connectivity index (χ1) is 13.4. The average Bonchev–Trinajstić information content (AvgIpc) is 3.10. The summed E-state index contributed by atoms with van der Waals surface area (Å²) >= 11 is 0. The molecule has 0 aliphatic rings. The van der Waals surface area contributed by atoms with Gasteiger partial charge in [0.05, 0.1) is 11.2 Å². The molecule has 0 radical (unpaired) electrons. The molecule has 0 amide bonds. The summed E-state index contributed by atoms with van der Waals surface area (Å²) in [4.78, 5) is 8.29. The zero-order chi connectivity index (χ0) is 18.5. The summed E-state index contributed by atoms with van der Waals surface area (Å²) in [7, 11) is 0. The van der Waals surface area contributed by atoms with E-state index in [1.54, 1.807) is 0 Å². The predicted molar refractivity (Wildman–Crippen MR) is 111 cm³/mol. The van der Waals surface area contributed by atoms with Gasteiger partial charge >= 0.3 is 0 Å². The zero-order valence-electron chi connectivity index (χ0n) is 15.6. The van der Waals surface area contributed by atoms with Gasteiger partial charge in [-0.1, -0.05) is 25.1 Å². The molecule has 1 aromatic carbocycles. The normalized spacial score (nSPS) is 11.0. The van der Waals surface area contributed by atoms with E-state index in [0.717, 1.165) is 31.5 Å². The fourth-order valence-corrected chi connectivity index (χ4v) is 3.55. The molecule has 4 aromatic rings. The monoisotopic (exact) mass is 356 g/mol. The van der Waals surface area contributed by atoms with Crippen molar-refractivity contribution >= 4 is 16.6 Å². The smallest absolute Gasteiger partial charge is 0.0701 e. The first-order valence-corrected chi connectivity index (χ1v) is 9.52. The summed E-state index contributed by atoms with van der Waals surface area (Å²) in [5.41, 5.74) is 5.10. The molecule has 0 fully saturated rings. The molecule has 0 atom stereocenters. The van der Waals surface area contributed by atoms with Crippen LogP contribution in [0.1, 0.15) is 24.5 Å². The molecule has 3 heterocycles. The quantitative estimate of drug-likeness (QED) is 0.472. The summed E-state index contributed by atoms with van der Waals surface area (Å²) in [5.74, 6) is 0. The summed E-state index contributed by atoms with van der Waals surface area (Å²) in [6, 6.07) is 17.0. The maximum atomic E-state index is 4.17. The molecule has 0 unspecified atom stereocenters. The SMILES string of the molecule is CCCN(c1ccncc1)n1cc(CCc2ccncc2)c2ccccc21. The van der Waals surface area contributed by atoms with E-state index < -0.39 is 0 Å². The van der Waals surface area contributed by atoms with E-state index in [1.165, 1.54) is 22.0 Å². The number of rotatable bonds is 7. The third kappa shape index (κ3) is 3.70. The van der Waals surface area contributed by atoms with Crippen LogP contribution >= 0.6 is 0 Å². The van der Waals surface area contributed by atoms with E-state index in [1.807, 2.05) is 24.8 Å². The second kappa shape index (κ2) is 8.04. The van der Waals surface area contributed by atoms with Crippen LogP contribution in [-0.4, -0.2) is 21.2 Å². The molecule has 3 aromatic heterocycles. The van der Waals surface area contributed by atoms with Crippen LogP contribution in [0.15, 0.2) is 79.5 Å². The van der Waals surface area contributed by atoms with Gasteiger partial charge in [-0.15, -0.1) is 0 Å². The fraction of sp³-hybridized carbons (Fsp3) is 0.217. The largest absolute Gasteiger partial charge is 0.281 e. The minimum Gasteiger partial charge on any atom is -0.281 e. The minimum atomic E-state index is 0.951. The van der Waals surface area contributed by atoms with E-state index >= 15 is 0 Å². The highest BCUT2D eigenvalue weighted by Gasteiger charge is 2.14. The second-order valence-corrected chi connectivity index (χ2v) is 6.70. The van der Waals surface area contributed by atoms with Gasteiger partial charge < -0.3 is 0 Å². The third-order valence-electron chi connectivity index (χ3n) is 4.86. The molecule has 0 spiro atoms. The molecule has 0 N–H and O–H groups in total. The number of hydrogen-bond acceptors (Lipinski definition) is 3. The van der Waals surface area contributed by atoms with Gasteiger partial charge in [0.15, 0.2) is 0 Å². The standard InChI is InChI=1S/C23H24N4/c1-2-17-26(21-11-15-25-16-12-21)27-18-20(22-5-3-4-6-23(22)27)8-7-19-9-13-24-14-10-19/h3-6,9-16,18H,2,7-8,17H2,1H3. The van der Waals surface area contributed by atoms with E-state index in [0.29, 0.717) is 0 Å². The first-order valence-electron chi connectivity index (χ1n) is 9.52. The van der Waals surface area contributed by atoms with Crippen molar-refractivity contribution in [1.29, 1.82) is 0 Å². The number of pyridine rings is 2. The maximum absolute atomic E-state index is 4.17. The Morgan fingerprint density at radius 2 is 1.56 bits per heavy atom. The number of aryl methyl sites for hydroxylation is 2. The second-order valence-electron chi connectivity index (χ2n) is 6.70. The Morgan fingerprint density at radius 3 is 2.30 bits per heavy atom. The topological polar surface area (TPSA) is 34.0 Å². The van der Waals surface area contributed by atoms with Crippen molar-refractivity contribution in [3.8, 4) is 0 Å². The highest BCUT2D eigenvalue weighted by atomic mass is 15.5. The van der Waals surface area contributed by atoms with Crippen LogP contribution in [0.4, 0.5) is 5.69 Å². The highest BCUT2D eigenvalue weighted by Crippen LogP contribution is 2.26. The Hall–Kier alpha value is -3.14. The van der Waals surface area contributed by atoms with Crippen LogP contribution in [0.5, 0.6) is 0 Å². The van der Waals surface area contributed by atoms with E-state index in [2.05, 4.69) is 81.3 Å². The first kappa shape index (κ1) is 17.3. The maximum Gasteiger partial charge on any atom is 0.0701 e. The highest BCUT2D eigenvalue weighted by molar-refractivity contribution is 5.84. The van der Waals surface area contributed by atoms with Crippen molar-refractivity contribution in [2.24, 2.45) is 0 Å². The fourth-order valence-electron chi connectivity index (χ4n) is 3.55. The molecule has 0 saturated carbocycles. The lowest BCUT2D eigenvalue weighted by Crippen LogP contribution is -2.29. The van der Waals surface area contributed by atoms with Gasteiger partial charge in [-0.2, -0.15) is 0 Å². The predicted octanol–water partition coefficient (Wildman–Crippen LogP) is 4.90. The van der Waals surface area contributed by atoms with Gasteiger partial charge in [-0.25, -0.2) is 0 Å². The Morgan fingerprint density at radius 1 is 0.852 bits per heavy atom. The molecule has 27 heavy (non-hydrogen) atoms. The van der Waals surface area contributed by atoms with Crippen LogP contribution in [0.25, 0.3) is 10.9 Å². The van der Waals surface area contributed by atoms with E-state index in [-0.39, 0.29) is 0 Å². The lowest BCUT2D eigenvalue weighted by atomic mass is 10.0. The van der Waals surface area contributed by atoms with Gasteiger partial charge in [-0.05, 0) is 60.7 Å². The van der Waals surface area contributed by atoms with Crippen molar-refractivity contribution in [1.82, 2.24) is 14.6 Å². The molecule has 0 aliphatic carbocycles. The van der Waals surface area contributed by atoms with Crippen LogP contribution in [-0.2, 0) is 12.8 Å². The number of hydrogen-bond donors (Lipinski definition) is 0. The summed E-state index contributed by atoms with van der Waals surface area (Å²) in [6.07, 6.45) is 12.8. The number of aromatic nitrogens is 3. The zero-order valence-corrected chi connectivity index (χ0v) is 15.6. The Kier molecular flexibility index (Phi) is 5.15. The van der Waals surface area contributed by atoms with Crippen LogP contribution in [0.3, 0.4) is 0 Å². The van der Waals surface area contributed by atoms with Gasteiger partial charge in [-0.3, -0.25) is 19.7 Å². The molecule has 4 heteroatoms. The van der Waals surface area contributed by atoms with Crippen molar-refractivity contribution in [2.75, 3.05) is 11.6 Å².